The Morgan fingerprint density at radius 2 is 2.17 bits per heavy atom. The average Bonchev–Trinajstić information content (AvgIpc) is 3.30. The quantitative estimate of drug-likeness (QED) is 0.509. The van der Waals surface area contributed by atoms with E-state index in [4.69, 9.17) is 9.52 Å². The Labute approximate surface area is 167 Å². The molecular weight excluding hydrogens is 372 g/mol. The van der Waals surface area contributed by atoms with Gasteiger partial charge in [-0.2, -0.15) is 0 Å². The molecule has 0 saturated carbocycles. The summed E-state index contributed by atoms with van der Waals surface area (Å²) >= 11 is 0. The van der Waals surface area contributed by atoms with Gasteiger partial charge in [-0.1, -0.05) is 6.07 Å². The molecule has 2 aromatic heterocycles. The van der Waals surface area contributed by atoms with Gasteiger partial charge in [-0.05, 0) is 49.1 Å². The Bertz CT molecular complexity index is 1090. The van der Waals surface area contributed by atoms with Gasteiger partial charge in [0.25, 0.3) is 5.91 Å². The molecule has 8 heteroatoms. The zero-order valence-electron chi connectivity index (χ0n) is 16.0. The van der Waals surface area contributed by atoms with E-state index in [-0.39, 0.29) is 19.1 Å². The largest absolute Gasteiger partial charge is 0.447 e. The lowest BCUT2D eigenvalue weighted by Crippen LogP contribution is -2.35. The number of nitrogens with one attached hydrogen (secondary N) is 2. The zero-order valence-corrected chi connectivity index (χ0v) is 16.0. The number of carbonyl (C=O) groups is 1. The fraction of sp³-hybridized carbons (Fsp3) is 0.286. The van der Waals surface area contributed by atoms with Crippen molar-refractivity contribution >= 4 is 34.0 Å². The number of amides is 1. The maximum atomic E-state index is 12.7. The number of pyridine rings is 1. The number of benzene rings is 1. The first-order valence-corrected chi connectivity index (χ1v) is 9.43. The molecule has 4 rings (SSSR count). The fourth-order valence-electron chi connectivity index (χ4n) is 3.51. The topological polar surface area (TPSA) is 120 Å². The first-order chi connectivity index (χ1) is 14.1. The molecule has 1 aliphatic rings. The van der Waals surface area contributed by atoms with Crippen LogP contribution in [0, 0.1) is 0 Å². The van der Waals surface area contributed by atoms with Gasteiger partial charge < -0.3 is 25.3 Å². The van der Waals surface area contributed by atoms with Crippen LogP contribution in [0.5, 0.6) is 0 Å². The Kier molecular flexibility index (Phi) is 5.28. The molecule has 2 heterocycles. The first-order valence-electron chi connectivity index (χ1n) is 9.43. The minimum absolute atomic E-state index is 0.135. The lowest BCUT2D eigenvalue weighted by molar-refractivity contribution is 0.0897. The molecule has 8 nitrogen and oxygen atoms in total. The summed E-state index contributed by atoms with van der Waals surface area (Å²) in [4.78, 5) is 20.9. The lowest BCUT2D eigenvalue weighted by atomic mass is 10.1. The zero-order chi connectivity index (χ0) is 20.4. The number of fused-ring (bicyclic) bond motifs is 2. The van der Waals surface area contributed by atoms with E-state index in [1.165, 1.54) is 0 Å². The van der Waals surface area contributed by atoms with Gasteiger partial charge in [-0.3, -0.25) is 14.8 Å². The molecule has 29 heavy (non-hydrogen) atoms. The van der Waals surface area contributed by atoms with Gasteiger partial charge in [0.2, 0.25) is 5.76 Å². The molecule has 1 aliphatic carbocycles. The molecule has 1 atom stereocenters. The second-order valence-electron chi connectivity index (χ2n) is 6.98. The minimum atomic E-state index is -0.413. The molecule has 0 fully saturated rings. The Hall–Kier alpha value is -3.23. The summed E-state index contributed by atoms with van der Waals surface area (Å²) in [6, 6.07) is 7.29. The van der Waals surface area contributed by atoms with Crippen LogP contribution < -0.4 is 10.6 Å². The van der Waals surface area contributed by atoms with Gasteiger partial charge >= 0.3 is 0 Å². The second kappa shape index (κ2) is 8.02. The normalized spacial score (nSPS) is 15.5. The Balaban J connectivity index is 1.70. The molecule has 0 spiro atoms. The number of carbonyl (C=O) groups excluding carboxylic acids is 1. The van der Waals surface area contributed by atoms with Crippen molar-refractivity contribution in [2.45, 2.75) is 25.8 Å². The molecule has 0 aliphatic heterocycles. The van der Waals surface area contributed by atoms with Gasteiger partial charge in [0.05, 0.1) is 18.5 Å². The monoisotopic (exact) mass is 394 g/mol. The molecule has 1 aromatic carbocycles. The number of aliphatic imine (C=N–C) groups is 1. The number of nitrogens with zero attached hydrogens (tertiary/aromatic N) is 2. The van der Waals surface area contributed by atoms with Crippen LogP contribution in [0.15, 0.2) is 46.1 Å². The van der Waals surface area contributed by atoms with E-state index < -0.39 is 11.9 Å². The maximum absolute atomic E-state index is 12.7. The van der Waals surface area contributed by atoms with Crippen LogP contribution in [-0.4, -0.2) is 46.2 Å². The van der Waals surface area contributed by atoms with Crippen LogP contribution in [0.4, 0.5) is 11.4 Å². The van der Waals surface area contributed by atoms with Gasteiger partial charge in [0.1, 0.15) is 6.73 Å². The van der Waals surface area contributed by atoms with Crippen molar-refractivity contribution in [3.05, 3.63) is 53.5 Å². The summed E-state index contributed by atoms with van der Waals surface area (Å²) in [6.45, 7) is 1.33. The first kappa shape index (κ1) is 19.1. The summed E-state index contributed by atoms with van der Waals surface area (Å²) in [5, 5.41) is 25.1. The highest BCUT2D eigenvalue weighted by atomic mass is 16.3. The fourth-order valence-corrected chi connectivity index (χ4v) is 3.51. The van der Waals surface area contributed by atoms with Gasteiger partial charge in [-0.15, -0.1) is 0 Å². The predicted octanol–water partition coefficient (Wildman–Crippen LogP) is 2.37. The highest BCUT2D eigenvalue weighted by molar-refractivity contribution is 6.08. The van der Waals surface area contributed by atoms with Crippen LogP contribution >= 0.6 is 0 Å². The summed E-state index contributed by atoms with van der Waals surface area (Å²) in [7, 11) is 0. The third kappa shape index (κ3) is 3.72. The molecule has 0 unspecified atom stereocenters. The van der Waals surface area contributed by atoms with E-state index in [0.29, 0.717) is 11.3 Å². The summed E-state index contributed by atoms with van der Waals surface area (Å²) in [6.07, 6.45) is 4.85. The standard InChI is InChI=1S/C21H22N4O4/c1-12(10-26)24-21(28)20-19(16-6-7-22-9-18(16)29-20)25-14-3-4-15-13(8-14)2-5-17(15)23-11-27/h3-4,6-9,12,25-27H,2,5,10-11H2,1H3,(H,24,28)/b23-17+/t12-/m0/s1. The minimum Gasteiger partial charge on any atom is -0.447 e. The van der Waals surface area contributed by atoms with E-state index in [9.17, 15) is 9.90 Å². The van der Waals surface area contributed by atoms with Crippen molar-refractivity contribution in [1.82, 2.24) is 10.3 Å². The lowest BCUT2D eigenvalue weighted by Gasteiger charge is -2.12. The highest BCUT2D eigenvalue weighted by Crippen LogP contribution is 2.34. The average molecular weight is 394 g/mol. The predicted molar refractivity (Wildman–Crippen MR) is 110 cm³/mol. The van der Waals surface area contributed by atoms with Gasteiger partial charge in [0, 0.05) is 29.0 Å². The Morgan fingerprint density at radius 3 is 2.97 bits per heavy atom. The van der Waals surface area contributed by atoms with Gasteiger partial charge in [0.15, 0.2) is 5.58 Å². The van der Waals surface area contributed by atoms with Crippen LogP contribution in [0.1, 0.15) is 35.0 Å². The number of rotatable bonds is 6. The molecule has 3 aromatic rings. The summed E-state index contributed by atoms with van der Waals surface area (Å²) < 4.78 is 5.75. The van der Waals surface area contributed by atoms with Crippen molar-refractivity contribution in [2.24, 2.45) is 4.99 Å². The number of aliphatic hydroxyl groups is 2. The Morgan fingerprint density at radius 1 is 1.31 bits per heavy atom. The number of aromatic nitrogens is 1. The van der Waals surface area contributed by atoms with Crippen molar-refractivity contribution in [3.63, 3.8) is 0 Å². The summed E-state index contributed by atoms with van der Waals surface area (Å²) in [5.41, 5.74) is 4.95. The molecule has 150 valence electrons. The molecule has 1 amide bonds. The van der Waals surface area contributed by atoms with Crippen LogP contribution in [0.25, 0.3) is 11.0 Å². The van der Waals surface area contributed by atoms with Crippen LogP contribution in [-0.2, 0) is 6.42 Å². The maximum Gasteiger partial charge on any atom is 0.289 e. The smallest absolute Gasteiger partial charge is 0.289 e. The van der Waals surface area contributed by atoms with Crippen LogP contribution in [0.2, 0.25) is 0 Å². The van der Waals surface area contributed by atoms with E-state index in [0.717, 1.165) is 40.8 Å². The SMILES string of the molecule is C[C@@H](CO)NC(=O)c1oc2cnccc2c1Nc1ccc2c(c1)CC/C2=N\CO. The number of aliphatic hydroxyl groups excluding tert-OH is 2. The third-order valence-electron chi connectivity index (χ3n) is 4.93. The number of hydrogen-bond donors (Lipinski definition) is 4. The third-order valence-corrected chi connectivity index (χ3v) is 4.93. The van der Waals surface area contributed by atoms with Crippen molar-refractivity contribution < 1.29 is 19.4 Å². The molecular formula is C21H22N4O4. The number of hydrogen-bond acceptors (Lipinski definition) is 7. The highest BCUT2D eigenvalue weighted by Gasteiger charge is 2.23. The van der Waals surface area contributed by atoms with E-state index in [2.05, 4.69) is 20.6 Å². The number of furan rings is 1. The van der Waals surface area contributed by atoms with E-state index in [1.807, 2.05) is 18.2 Å². The van der Waals surface area contributed by atoms with E-state index >= 15 is 0 Å². The summed E-state index contributed by atoms with van der Waals surface area (Å²) in [5.74, 6) is -0.278. The number of aryl methyl sites for hydroxylation is 1. The van der Waals surface area contributed by atoms with E-state index in [1.54, 1.807) is 25.4 Å². The van der Waals surface area contributed by atoms with Crippen molar-refractivity contribution in [1.29, 1.82) is 0 Å². The molecule has 0 radical (unpaired) electrons. The number of anilines is 2. The molecule has 4 N–H and O–H groups in total. The van der Waals surface area contributed by atoms with Crippen molar-refractivity contribution in [3.8, 4) is 0 Å². The molecule has 0 bridgehead atoms. The molecule has 0 saturated heterocycles. The van der Waals surface area contributed by atoms with Crippen molar-refractivity contribution in [2.75, 3.05) is 18.7 Å². The van der Waals surface area contributed by atoms with Crippen LogP contribution in [0.3, 0.4) is 0 Å². The second-order valence-corrected chi connectivity index (χ2v) is 6.98. The van der Waals surface area contributed by atoms with Gasteiger partial charge in [-0.25, -0.2) is 0 Å².